The summed E-state index contributed by atoms with van der Waals surface area (Å²) >= 11 is 0. The van der Waals surface area contributed by atoms with Gasteiger partial charge in [0, 0.05) is 18.7 Å². The summed E-state index contributed by atoms with van der Waals surface area (Å²) in [7, 11) is 0. The lowest BCUT2D eigenvalue weighted by atomic mass is 10.2. The van der Waals surface area contributed by atoms with Crippen molar-refractivity contribution in [2.75, 3.05) is 25.0 Å². The molecular formula is C10H16N4O2. The largest absolute Gasteiger partial charge is 0.375 e. The van der Waals surface area contributed by atoms with E-state index in [9.17, 15) is 4.79 Å². The van der Waals surface area contributed by atoms with Crippen LogP contribution in [0.2, 0.25) is 0 Å². The minimum atomic E-state index is -0.0546. The van der Waals surface area contributed by atoms with Gasteiger partial charge in [0.1, 0.15) is 5.82 Å². The zero-order valence-corrected chi connectivity index (χ0v) is 9.25. The number of nitrogens with one attached hydrogen (secondary N) is 3. The van der Waals surface area contributed by atoms with Crippen LogP contribution in [0.4, 0.5) is 5.82 Å². The van der Waals surface area contributed by atoms with Crippen molar-refractivity contribution in [3.63, 3.8) is 0 Å². The van der Waals surface area contributed by atoms with Crippen LogP contribution < -0.4 is 10.6 Å². The lowest BCUT2D eigenvalue weighted by Crippen LogP contribution is -2.40. The molecule has 3 N–H and O–H groups in total. The number of aryl methyl sites for hydroxylation is 1. The van der Waals surface area contributed by atoms with Crippen molar-refractivity contribution < 1.29 is 9.53 Å². The van der Waals surface area contributed by atoms with E-state index >= 15 is 0 Å². The van der Waals surface area contributed by atoms with Crippen LogP contribution in [-0.4, -0.2) is 41.9 Å². The summed E-state index contributed by atoms with van der Waals surface area (Å²) in [5.41, 5.74) is 0.927. The van der Waals surface area contributed by atoms with Crippen LogP contribution in [0.25, 0.3) is 0 Å². The molecule has 1 aliphatic rings. The molecule has 6 heteroatoms. The summed E-state index contributed by atoms with van der Waals surface area (Å²) in [6.45, 7) is 4.14. The maximum atomic E-state index is 11.7. The van der Waals surface area contributed by atoms with Gasteiger partial charge in [-0.3, -0.25) is 9.89 Å². The molecule has 1 aliphatic heterocycles. The second kappa shape index (κ2) is 5.09. The molecule has 0 spiro atoms. The zero-order chi connectivity index (χ0) is 11.4. The lowest BCUT2D eigenvalue weighted by Gasteiger charge is -2.22. The second-order valence-electron chi connectivity index (χ2n) is 3.88. The van der Waals surface area contributed by atoms with Crippen molar-refractivity contribution in [1.29, 1.82) is 0 Å². The van der Waals surface area contributed by atoms with Gasteiger partial charge in [0.15, 0.2) is 0 Å². The van der Waals surface area contributed by atoms with Gasteiger partial charge in [-0.05, 0) is 6.92 Å². The first kappa shape index (κ1) is 11.1. The number of hydrogen-bond acceptors (Lipinski definition) is 4. The average Bonchev–Trinajstić information content (AvgIpc) is 2.66. The van der Waals surface area contributed by atoms with Crippen molar-refractivity contribution >= 4 is 11.7 Å². The second-order valence-corrected chi connectivity index (χ2v) is 3.88. The molecule has 88 valence electrons. The summed E-state index contributed by atoms with van der Waals surface area (Å²) in [5, 5.41) is 12.5. The molecular weight excluding hydrogens is 208 g/mol. The average molecular weight is 224 g/mol. The number of carbonyl (C=O) groups is 1. The molecule has 0 aliphatic carbocycles. The Labute approximate surface area is 93.8 Å². The van der Waals surface area contributed by atoms with Crippen LogP contribution >= 0.6 is 0 Å². The number of anilines is 1. The highest BCUT2D eigenvalue weighted by Gasteiger charge is 2.17. The molecule has 1 unspecified atom stereocenters. The molecule has 0 saturated carbocycles. The third kappa shape index (κ3) is 2.80. The molecule has 16 heavy (non-hydrogen) atoms. The maximum Gasteiger partial charge on any atom is 0.228 e. The molecule has 2 heterocycles. The molecule has 2 rings (SSSR count). The predicted molar refractivity (Wildman–Crippen MR) is 59.2 cm³/mol. The van der Waals surface area contributed by atoms with Crippen molar-refractivity contribution in [2.24, 2.45) is 0 Å². The smallest absolute Gasteiger partial charge is 0.228 e. The van der Waals surface area contributed by atoms with E-state index in [-0.39, 0.29) is 12.0 Å². The number of aromatic nitrogens is 2. The van der Waals surface area contributed by atoms with Gasteiger partial charge in [-0.15, -0.1) is 0 Å². The maximum absolute atomic E-state index is 11.7. The van der Waals surface area contributed by atoms with E-state index < -0.39 is 0 Å². The minimum Gasteiger partial charge on any atom is -0.375 e. The minimum absolute atomic E-state index is 0.0306. The van der Waals surface area contributed by atoms with Crippen LogP contribution in [0.1, 0.15) is 12.0 Å². The summed E-state index contributed by atoms with van der Waals surface area (Å²) in [5.74, 6) is 0.606. The molecule has 1 atom stereocenters. The van der Waals surface area contributed by atoms with Crippen LogP contribution in [0, 0.1) is 6.92 Å². The van der Waals surface area contributed by atoms with Crippen LogP contribution in [0.3, 0.4) is 0 Å². The Bertz CT molecular complexity index is 357. The molecule has 0 aromatic carbocycles. The van der Waals surface area contributed by atoms with Gasteiger partial charge < -0.3 is 15.4 Å². The quantitative estimate of drug-likeness (QED) is 0.677. The standard InChI is InChI=1S/C10H16N4O2/c1-7-5-12-14-10(7)13-9(15)4-8-6-11-2-3-16-8/h5,8,11H,2-4,6H2,1H3,(H2,12,13,14,15). The SMILES string of the molecule is Cc1cn[nH]c1NC(=O)CC1CNCCO1. The van der Waals surface area contributed by atoms with Crippen LogP contribution in [-0.2, 0) is 9.53 Å². The summed E-state index contributed by atoms with van der Waals surface area (Å²) in [6.07, 6.45) is 2.01. The highest BCUT2D eigenvalue weighted by atomic mass is 16.5. The molecule has 1 aromatic heterocycles. The Morgan fingerprint density at radius 2 is 2.62 bits per heavy atom. The Hall–Kier alpha value is -1.40. The van der Waals surface area contributed by atoms with Crippen molar-refractivity contribution in [2.45, 2.75) is 19.4 Å². The first-order valence-corrected chi connectivity index (χ1v) is 5.38. The summed E-state index contributed by atoms with van der Waals surface area (Å²) in [6, 6.07) is 0. The van der Waals surface area contributed by atoms with E-state index in [1.807, 2.05) is 6.92 Å². The molecule has 0 bridgehead atoms. The summed E-state index contributed by atoms with van der Waals surface area (Å²) in [4.78, 5) is 11.7. The number of aromatic amines is 1. The van der Waals surface area contributed by atoms with Gasteiger partial charge in [-0.2, -0.15) is 5.10 Å². The molecule has 0 radical (unpaired) electrons. The lowest BCUT2D eigenvalue weighted by molar-refractivity contribution is -0.119. The topological polar surface area (TPSA) is 79.0 Å². The predicted octanol–water partition coefficient (Wildman–Crippen LogP) is 0.0351. The number of rotatable bonds is 3. The molecule has 6 nitrogen and oxygen atoms in total. The van der Waals surface area contributed by atoms with E-state index in [0.717, 1.165) is 18.7 Å². The van der Waals surface area contributed by atoms with E-state index in [0.29, 0.717) is 18.8 Å². The van der Waals surface area contributed by atoms with Gasteiger partial charge in [0.25, 0.3) is 0 Å². The normalized spacial score (nSPS) is 20.7. The first-order chi connectivity index (χ1) is 7.75. The van der Waals surface area contributed by atoms with Crippen molar-refractivity contribution in [3.8, 4) is 0 Å². The van der Waals surface area contributed by atoms with E-state index in [2.05, 4.69) is 20.8 Å². The Kier molecular flexibility index (Phi) is 3.53. The van der Waals surface area contributed by atoms with Crippen LogP contribution in [0.15, 0.2) is 6.20 Å². The molecule has 1 fully saturated rings. The number of ether oxygens (including phenoxy) is 1. The number of hydrogen-bond donors (Lipinski definition) is 3. The number of amides is 1. The number of carbonyl (C=O) groups excluding carboxylic acids is 1. The summed E-state index contributed by atoms with van der Waals surface area (Å²) < 4.78 is 5.45. The number of morpholine rings is 1. The number of H-pyrrole nitrogens is 1. The third-order valence-electron chi connectivity index (χ3n) is 2.51. The fourth-order valence-corrected chi connectivity index (χ4v) is 1.62. The van der Waals surface area contributed by atoms with Crippen molar-refractivity contribution in [3.05, 3.63) is 11.8 Å². The fraction of sp³-hybridized carbons (Fsp3) is 0.600. The highest BCUT2D eigenvalue weighted by Crippen LogP contribution is 2.10. The Morgan fingerprint density at radius 3 is 3.25 bits per heavy atom. The van der Waals surface area contributed by atoms with Crippen LogP contribution in [0.5, 0.6) is 0 Å². The Morgan fingerprint density at radius 1 is 1.75 bits per heavy atom. The molecule has 1 aromatic rings. The van der Waals surface area contributed by atoms with E-state index in [1.54, 1.807) is 6.20 Å². The van der Waals surface area contributed by atoms with E-state index in [1.165, 1.54) is 0 Å². The fourth-order valence-electron chi connectivity index (χ4n) is 1.62. The highest BCUT2D eigenvalue weighted by molar-refractivity contribution is 5.90. The monoisotopic (exact) mass is 224 g/mol. The van der Waals surface area contributed by atoms with Gasteiger partial charge in [0.2, 0.25) is 5.91 Å². The van der Waals surface area contributed by atoms with E-state index in [4.69, 9.17) is 4.74 Å². The molecule has 1 amide bonds. The third-order valence-corrected chi connectivity index (χ3v) is 2.51. The zero-order valence-electron chi connectivity index (χ0n) is 9.25. The first-order valence-electron chi connectivity index (χ1n) is 5.38. The van der Waals surface area contributed by atoms with Gasteiger partial charge in [-0.1, -0.05) is 0 Å². The number of nitrogens with zero attached hydrogens (tertiary/aromatic N) is 1. The van der Waals surface area contributed by atoms with Gasteiger partial charge >= 0.3 is 0 Å². The van der Waals surface area contributed by atoms with Crippen molar-refractivity contribution in [1.82, 2.24) is 15.5 Å². The molecule has 1 saturated heterocycles. The van der Waals surface area contributed by atoms with Gasteiger partial charge in [-0.25, -0.2) is 0 Å². The van der Waals surface area contributed by atoms with Gasteiger partial charge in [0.05, 0.1) is 25.3 Å². The Balaban J connectivity index is 1.82.